The van der Waals surface area contributed by atoms with Crippen molar-refractivity contribution in [1.29, 1.82) is 0 Å². The lowest BCUT2D eigenvalue weighted by Gasteiger charge is -2.07. The number of aryl methyl sites for hydroxylation is 1. The Labute approximate surface area is 118 Å². The number of nitrogens with one attached hydrogen (secondary N) is 1. The summed E-state index contributed by atoms with van der Waals surface area (Å²) < 4.78 is 1.67. The molecule has 0 radical (unpaired) electrons. The number of nitrogens with two attached hydrogens (primary N) is 1. The van der Waals surface area contributed by atoms with Crippen molar-refractivity contribution in [3.63, 3.8) is 0 Å². The van der Waals surface area contributed by atoms with Crippen LogP contribution in [-0.2, 0) is 11.3 Å². The van der Waals surface area contributed by atoms with Crippen molar-refractivity contribution in [1.82, 2.24) is 20.1 Å². The molecule has 1 heterocycles. The lowest BCUT2D eigenvalue weighted by Crippen LogP contribution is -2.30. The number of anilines is 1. The van der Waals surface area contributed by atoms with Crippen LogP contribution in [0.1, 0.15) is 20.3 Å². The molecule has 0 saturated heterocycles. The summed E-state index contributed by atoms with van der Waals surface area (Å²) in [6, 6.07) is 7.53. The molecule has 6 nitrogen and oxygen atoms in total. The van der Waals surface area contributed by atoms with Crippen molar-refractivity contribution in [2.75, 3.05) is 5.73 Å². The maximum atomic E-state index is 11.6. The van der Waals surface area contributed by atoms with Gasteiger partial charge in [-0.15, -0.1) is 0 Å². The summed E-state index contributed by atoms with van der Waals surface area (Å²) in [5.74, 6) is 0.652. The molecule has 1 aromatic carbocycles. The average molecular weight is 273 g/mol. The topological polar surface area (TPSA) is 85.8 Å². The standard InChI is InChI=1S/C14H19N5O/c1-10(2)17-13(20)7-8-19-9-16-14(18-19)11-3-5-12(15)6-4-11/h3-6,9-10H,7-8,15H2,1-2H3,(H,17,20). The Balaban J connectivity index is 1.95. The van der Waals surface area contributed by atoms with Gasteiger partial charge in [0.1, 0.15) is 6.33 Å². The quantitative estimate of drug-likeness (QED) is 0.807. The number of nitrogens with zero attached hydrogens (tertiary/aromatic N) is 3. The highest BCUT2D eigenvalue weighted by Crippen LogP contribution is 2.15. The van der Waals surface area contributed by atoms with Gasteiger partial charge in [0.15, 0.2) is 5.82 Å². The highest BCUT2D eigenvalue weighted by molar-refractivity contribution is 5.76. The van der Waals surface area contributed by atoms with E-state index in [1.54, 1.807) is 11.0 Å². The zero-order valence-electron chi connectivity index (χ0n) is 11.7. The summed E-state index contributed by atoms with van der Waals surface area (Å²) in [5.41, 5.74) is 7.25. The van der Waals surface area contributed by atoms with Gasteiger partial charge in [-0.1, -0.05) is 0 Å². The minimum absolute atomic E-state index is 0.0181. The minimum atomic E-state index is 0.0181. The van der Waals surface area contributed by atoms with Crippen molar-refractivity contribution in [2.24, 2.45) is 0 Å². The Morgan fingerprint density at radius 1 is 1.35 bits per heavy atom. The number of benzene rings is 1. The molecule has 0 unspecified atom stereocenters. The molecular weight excluding hydrogens is 254 g/mol. The molecule has 0 aliphatic rings. The van der Waals surface area contributed by atoms with E-state index in [1.165, 1.54) is 0 Å². The van der Waals surface area contributed by atoms with Gasteiger partial charge in [-0.2, -0.15) is 5.10 Å². The van der Waals surface area contributed by atoms with Gasteiger partial charge >= 0.3 is 0 Å². The summed E-state index contributed by atoms with van der Waals surface area (Å²) in [6.45, 7) is 4.39. The zero-order chi connectivity index (χ0) is 14.5. The second kappa shape index (κ2) is 6.18. The summed E-state index contributed by atoms with van der Waals surface area (Å²) in [6.07, 6.45) is 2.02. The number of nitrogen functional groups attached to an aromatic ring is 1. The van der Waals surface area contributed by atoms with Gasteiger partial charge in [-0.25, -0.2) is 4.98 Å². The van der Waals surface area contributed by atoms with E-state index in [1.807, 2.05) is 38.1 Å². The van der Waals surface area contributed by atoms with Gasteiger partial charge in [-0.3, -0.25) is 9.48 Å². The number of amides is 1. The Morgan fingerprint density at radius 3 is 2.70 bits per heavy atom. The second-order valence-electron chi connectivity index (χ2n) is 4.93. The fourth-order valence-electron chi connectivity index (χ4n) is 1.78. The zero-order valence-corrected chi connectivity index (χ0v) is 11.7. The highest BCUT2D eigenvalue weighted by atomic mass is 16.1. The first-order chi connectivity index (χ1) is 9.54. The normalized spacial score (nSPS) is 10.8. The molecule has 2 rings (SSSR count). The average Bonchev–Trinajstić information content (AvgIpc) is 2.85. The van der Waals surface area contributed by atoms with Crippen molar-refractivity contribution in [2.45, 2.75) is 32.9 Å². The van der Waals surface area contributed by atoms with Gasteiger partial charge in [-0.05, 0) is 38.1 Å². The number of hydrogen-bond acceptors (Lipinski definition) is 4. The first-order valence-electron chi connectivity index (χ1n) is 6.59. The first-order valence-corrected chi connectivity index (χ1v) is 6.59. The highest BCUT2D eigenvalue weighted by Gasteiger charge is 2.07. The molecule has 2 aromatic rings. The van der Waals surface area contributed by atoms with Crippen molar-refractivity contribution in [3.05, 3.63) is 30.6 Å². The van der Waals surface area contributed by atoms with Crippen LogP contribution in [0, 0.1) is 0 Å². The molecule has 0 bridgehead atoms. The van der Waals surface area contributed by atoms with Gasteiger partial charge in [0.2, 0.25) is 5.91 Å². The third kappa shape index (κ3) is 3.81. The van der Waals surface area contributed by atoms with Crippen molar-refractivity contribution in [3.8, 4) is 11.4 Å². The fourth-order valence-corrected chi connectivity index (χ4v) is 1.78. The van der Waals surface area contributed by atoms with Gasteiger partial charge in [0, 0.05) is 23.7 Å². The minimum Gasteiger partial charge on any atom is -0.399 e. The summed E-state index contributed by atoms with van der Waals surface area (Å²) in [4.78, 5) is 15.8. The van der Waals surface area contributed by atoms with Crippen LogP contribution >= 0.6 is 0 Å². The van der Waals surface area contributed by atoms with E-state index in [9.17, 15) is 4.79 Å². The Hall–Kier alpha value is -2.37. The maximum Gasteiger partial charge on any atom is 0.222 e. The lowest BCUT2D eigenvalue weighted by atomic mass is 10.2. The number of carbonyl (C=O) groups is 1. The predicted molar refractivity (Wildman–Crippen MR) is 77.8 cm³/mol. The van der Waals surface area contributed by atoms with E-state index in [-0.39, 0.29) is 11.9 Å². The van der Waals surface area contributed by atoms with E-state index >= 15 is 0 Å². The number of rotatable bonds is 5. The SMILES string of the molecule is CC(C)NC(=O)CCn1cnc(-c2ccc(N)cc2)n1. The van der Waals surface area contributed by atoms with Crippen LogP contribution in [0.2, 0.25) is 0 Å². The van der Waals surface area contributed by atoms with E-state index in [2.05, 4.69) is 15.4 Å². The fraction of sp³-hybridized carbons (Fsp3) is 0.357. The molecule has 1 amide bonds. The van der Waals surface area contributed by atoms with Gasteiger partial charge < -0.3 is 11.1 Å². The Morgan fingerprint density at radius 2 is 2.05 bits per heavy atom. The summed E-state index contributed by atoms with van der Waals surface area (Å²) >= 11 is 0. The third-order valence-corrected chi connectivity index (χ3v) is 2.72. The van der Waals surface area contributed by atoms with Crippen LogP contribution in [0.4, 0.5) is 5.69 Å². The molecule has 6 heteroatoms. The van der Waals surface area contributed by atoms with Crippen LogP contribution in [-0.4, -0.2) is 26.7 Å². The third-order valence-electron chi connectivity index (χ3n) is 2.72. The first kappa shape index (κ1) is 14.0. The molecule has 0 atom stereocenters. The summed E-state index contributed by atoms with van der Waals surface area (Å²) in [7, 11) is 0. The lowest BCUT2D eigenvalue weighted by molar-refractivity contribution is -0.121. The molecule has 0 fully saturated rings. The van der Waals surface area contributed by atoms with E-state index in [0.717, 1.165) is 5.56 Å². The van der Waals surface area contributed by atoms with Crippen molar-refractivity contribution < 1.29 is 4.79 Å². The van der Waals surface area contributed by atoms with Gasteiger partial charge in [0.05, 0.1) is 6.54 Å². The molecule has 0 saturated carbocycles. The molecule has 0 spiro atoms. The van der Waals surface area contributed by atoms with Gasteiger partial charge in [0.25, 0.3) is 0 Å². The van der Waals surface area contributed by atoms with E-state index < -0.39 is 0 Å². The number of aromatic nitrogens is 3. The number of carbonyl (C=O) groups excluding carboxylic acids is 1. The Kier molecular flexibility index (Phi) is 4.34. The van der Waals surface area contributed by atoms with Crippen LogP contribution in [0.5, 0.6) is 0 Å². The molecule has 0 aliphatic heterocycles. The molecule has 0 aliphatic carbocycles. The van der Waals surface area contributed by atoms with E-state index in [4.69, 9.17) is 5.73 Å². The van der Waals surface area contributed by atoms with Crippen molar-refractivity contribution >= 4 is 11.6 Å². The predicted octanol–water partition coefficient (Wildman–Crippen LogP) is 1.44. The smallest absolute Gasteiger partial charge is 0.222 e. The Bertz CT molecular complexity index is 574. The maximum absolute atomic E-state index is 11.6. The molecule has 106 valence electrons. The van der Waals surface area contributed by atoms with Crippen LogP contribution in [0.15, 0.2) is 30.6 Å². The molecule has 3 N–H and O–H groups in total. The largest absolute Gasteiger partial charge is 0.399 e. The van der Waals surface area contributed by atoms with Crippen LogP contribution in [0.25, 0.3) is 11.4 Å². The van der Waals surface area contributed by atoms with Crippen LogP contribution in [0.3, 0.4) is 0 Å². The summed E-state index contributed by atoms with van der Waals surface area (Å²) in [5, 5.41) is 7.19. The molecular formula is C14H19N5O. The van der Waals surface area contributed by atoms with E-state index in [0.29, 0.717) is 24.5 Å². The molecule has 20 heavy (non-hydrogen) atoms. The monoisotopic (exact) mass is 273 g/mol. The van der Waals surface area contributed by atoms with Crippen LogP contribution < -0.4 is 11.1 Å². The number of hydrogen-bond donors (Lipinski definition) is 2. The second-order valence-corrected chi connectivity index (χ2v) is 4.93. The molecule has 1 aromatic heterocycles.